The van der Waals surface area contributed by atoms with E-state index in [0.717, 1.165) is 65.1 Å². The second-order valence-corrected chi connectivity index (χ2v) is 10.0. The number of nitrogens with zero attached hydrogens (tertiary/aromatic N) is 5. The van der Waals surface area contributed by atoms with Crippen molar-refractivity contribution in [3.05, 3.63) is 51.4 Å². The summed E-state index contributed by atoms with van der Waals surface area (Å²) in [5.74, 6) is 2.25. The van der Waals surface area contributed by atoms with Gasteiger partial charge in [0, 0.05) is 30.0 Å². The van der Waals surface area contributed by atoms with Crippen LogP contribution in [0.4, 0.5) is 0 Å². The number of carbonyl (C=O) groups excluding carboxylic acids is 1. The van der Waals surface area contributed by atoms with E-state index in [0.29, 0.717) is 6.42 Å². The molecule has 1 amide bonds. The molecule has 2 aliphatic heterocycles. The van der Waals surface area contributed by atoms with Gasteiger partial charge in [0.1, 0.15) is 5.82 Å². The Morgan fingerprint density at radius 1 is 1.06 bits per heavy atom. The van der Waals surface area contributed by atoms with Crippen molar-refractivity contribution in [1.82, 2.24) is 24.6 Å². The van der Waals surface area contributed by atoms with Crippen molar-refractivity contribution in [3.63, 3.8) is 0 Å². The third-order valence-electron chi connectivity index (χ3n) is 6.45. The van der Waals surface area contributed by atoms with E-state index >= 15 is 0 Å². The Bertz CT molecular complexity index is 1080. The molecule has 1 fully saturated rings. The van der Waals surface area contributed by atoms with E-state index in [1.807, 2.05) is 11.8 Å². The predicted octanol–water partition coefficient (Wildman–Crippen LogP) is 4.65. The molecule has 0 N–H and O–H groups in total. The van der Waals surface area contributed by atoms with Gasteiger partial charge in [0.25, 0.3) is 0 Å². The van der Waals surface area contributed by atoms with Gasteiger partial charge in [-0.2, -0.15) is 0 Å². The van der Waals surface area contributed by atoms with Gasteiger partial charge in [-0.15, -0.1) is 21.5 Å². The molecule has 1 saturated heterocycles. The molecule has 5 rings (SSSR count). The molecule has 2 aliphatic rings. The van der Waals surface area contributed by atoms with E-state index in [4.69, 9.17) is 4.98 Å². The number of amides is 1. The molecule has 0 bridgehead atoms. The summed E-state index contributed by atoms with van der Waals surface area (Å²) in [6.07, 6.45) is 6.96. The first-order valence-electron chi connectivity index (χ1n) is 11.3. The molecule has 7 heteroatoms. The van der Waals surface area contributed by atoms with Crippen LogP contribution in [0.5, 0.6) is 0 Å². The molecule has 31 heavy (non-hydrogen) atoms. The summed E-state index contributed by atoms with van der Waals surface area (Å²) in [7, 11) is 0. The van der Waals surface area contributed by atoms with Crippen LogP contribution in [0.15, 0.2) is 24.3 Å². The number of carbonyl (C=O) groups is 1. The molecule has 1 unspecified atom stereocenters. The second-order valence-electron chi connectivity index (χ2n) is 8.73. The van der Waals surface area contributed by atoms with E-state index < -0.39 is 0 Å². The van der Waals surface area contributed by atoms with Gasteiger partial charge in [0.2, 0.25) is 5.91 Å². The molecule has 0 aliphatic carbocycles. The Balaban J connectivity index is 1.39. The van der Waals surface area contributed by atoms with Crippen LogP contribution in [-0.2, 0) is 24.2 Å². The zero-order chi connectivity index (χ0) is 21.4. The number of fused-ring (bicyclic) bond motifs is 1. The van der Waals surface area contributed by atoms with E-state index in [1.165, 1.54) is 24.8 Å². The van der Waals surface area contributed by atoms with Crippen molar-refractivity contribution in [2.24, 2.45) is 0 Å². The van der Waals surface area contributed by atoms with Crippen molar-refractivity contribution < 1.29 is 4.79 Å². The van der Waals surface area contributed by atoms with Gasteiger partial charge >= 0.3 is 0 Å². The molecular formula is C24H29N5OS. The lowest BCUT2D eigenvalue weighted by molar-refractivity contribution is -0.131. The number of rotatable bonds is 4. The average molecular weight is 436 g/mol. The highest BCUT2D eigenvalue weighted by Crippen LogP contribution is 2.35. The average Bonchev–Trinajstić information content (AvgIpc) is 3.43. The Morgan fingerprint density at radius 3 is 2.74 bits per heavy atom. The normalized spacial score (nSPS) is 18.8. The zero-order valence-electron chi connectivity index (χ0n) is 18.3. The standard InChI is InChI=1S/C24H29N5OS/c1-16-9-11-18(12-10-16)23-20(31-17(2)25-23)15-22(30)28-14-6-7-19(28)24-27-26-21-8-4-3-5-13-29(21)24/h9-12,19H,3-8,13-15H2,1-2H3. The fourth-order valence-electron chi connectivity index (χ4n) is 4.85. The van der Waals surface area contributed by atoms with Gasteiger partial charge in [0.15, 0.2) is 5.82 Å². The van der Waals surface area contributed by atoms with Crippen LogP contribution in [0.25, 0.3) is 11.3 Å². The van der Waals surface area contributed by atoms with Crippen molar-refractivity contribution in [2.45, 2.75) is 71.4 Å². The molecule has 4 heterocycles. The van der Waals surface area contributed by atoms with Gasteiger partial charge in [-0.3, -0.25) is 4.79 Å². The van der Waals surface area contributed by atoms with E-state index in [2.05, 4.69) is 46.0 Å². The SMILES string of the molecule is Cc1ccc(-c2nc(C)sc2CC(=O)N2CCCC2c2nnc3n2CCCCC3)cc1. The first kappa shape index (κ1) is 20.4. The third-order valence-corrected chi connectivity index (χ3v) is 7.42. The minimum Gasteiger partial charge on any atom is -0.332 e. The summed E-state index contributed by atoms with van der Waals surface area (Å²) in [4.78, 5) is 21.3. The van der Waals surface area contributed by atoms with Crippen LogP contribution in [-0.4, -0.2) is 37.1 Å². The number of likely N-dealkylation sites (tertiary alicyclic amines) is 1. The summed E-state index contributed by atoms with van der Waals surface area (Å²) in [6.45, 7) is 5.87. The van der Waals surface area contributed by atoms with E-state index in [9.17, 15) is 4.79 Å². The molecule has 0 saturated carbocycles. The van der Waals surface area contributed by atoms with E-state index in [-0.39, 0.29) is 11.9 Å². The van der Waals surface area contributed by atoms with Gasteiger partial charge in [-0.1, -0.05) is 36.2 Å². The summed E-state index contributed by atoms with van der Waals surface area (Å²) in [5.41, 5.74) is 3.25. The monoisotopic (exact) mass is 435 g/mol. The Hall–Kier alpha value is -2.54. The zero-order valence-corrected chi connectivity index (χ0v) is 19.1. The predicted molar refractivity (Wildman–Crippen MR) is 122 cm³/mol. The summed E-state index contributed by atoms with van der Waals surface area (Å²) in [6, 6.07) is 8.44. The minimum absolute atomic E-state index is 0.0451. The number of hydrogen-bond donors (Lipinski definition) is 0. The summed E-state index contributed by atoms with van der Waals surface area (Å²) >= 11 is 1.63. The quantitative estimate of drug-likeness (QED) is 0.598. The highest BCUT2D eigenvalue weighted by molar-refractivity contribution is 7.12. The molecule has 162 valence electrons. The topological polar surface area (TPSA) is 63.9 Å². The number of hydrogen-bond acceptors (Lipinski definition) is 5. The molecule has 0 spiro atoms. The van der Waals surface area contributed by atoms with Crippen molar-refractivity contribution in [1.29, 1.82) is 0 Å². The van der Waals surface area contributed by atoms with Crippen LogP contribution in [0.3, 0.4) is 0 Å². The molecular weight excluding hydrogens is 406 g/mol. The lowest BCUT2D eigenvalue weighted by Crippen LogP contribution is -2.33. The van der Waals surface area contributed by atoms with Crippen molar-refractivity contribution in [3.8, 4) is 11.3 Å². The molecule has 3 aromatic rings. The van der Waals surface area contributed by atoms with Gasteiger partial charge in [-0.25, -0.2) is 4.98 Å². The Labute approximate surface area is 187 Å². The van der Waals surface area contributed by atoms with Crippen LogP contribution in [0, 0.1) is 13.8 Å². The maximum atomic E-state index is 13.5. The molecule has 0 radical (unpaired) electrons. The Morgan fingerprint density at radius 2 is 1.90 bits per heavy atom. The molecule has 1 atom stereocenters. The molecule has 6 nitrogen and oxygen atoms in total. The maximum absolute atomic E-state index is 13.5. The van der Waals surface area contributed by atoms with Crippen LogP contribution in [0.2, 0.25) is 0 Å². The number of aromatic nitrogens is 4. The van der Waals surface area contributed by atoms with E-state index in [1.54, 1.807) is 11.3 Å². The molecule has 1 aromatic carbocycles. The summed E-state index contributed by atoms with van der Waals surface area (Å²) in [5, 5.41) is 10.0. The lowest BCUT2D eigenvalue weighted by Gasteiger charge is -2.24. The molecule has 2 aromatic heterocycles. The first-order valence-corrected chi connectivity index (χ1v) is 12.2. The smallest absolute Gasteiger partial charge is 0.228 e. The summed E-state index contributed by atoms with van der Waals surface area (Å²) < 4.78 is 2.29. The van der Waals surface area contributed by atoms with Crippen LogP contribution in [0.1, 0.15) is 65.2 Å². The van der Waals surface area contributed by atoms with Gasteiger partial charge in [-0.05, 0) is 39.5 Å². The fourth-order valence-corrected chi connectivity index (χ4v) is 5.80. The number of aryl methyl sites for hydroxylation is 3. The van der Waals surface area contributed by atoms with Crippen molar-refractivity contribution >= 4 is 17.2 Å². The van der Waals surface area contributed by atoms with Gasteiger partial charge < -0.3 is 9.47 Å². The first-order chi connectivity index (χ1) is 15.1. The largest absolute Gasteiger partial charge is 0.332 e. The lowest BCUT2D eigenvalue weighted by atomic mass is 10.1. The maximum Gasteiger partial charge on any atom is 0.228 e. The van der Waals surface area contributed by atoms with Crippen molar-refractivity contribution in [2.75, 3.05) is 6.54 Å². The highest BCUT2D eigenvalue weighted by Gasteiger charge is 2.35. The third kappa shape index (κ3) is 4.03. The fraction of sp³-hybridized carbons (Fsp3) is 0.500. The highest BCUT2D eigenvalue weighted by atomic mass is 32.1. The van der Waals surface area contributed by atoms with Crippen LogP contribution >= 0.6 is 11.3 Å². The number of thiazole rings is 1. The Kier molecular flexibility index (Phi) is 5.61. The second kappa shape index (κ2) is 8.54. The minimum atomic E-state index is 0.0451. The van der Waals surface area contributed by atoms with Crippen LogP contribution < -0.4 is 0 Å². The number of benzene rings is 1. The van der Waals surface area contributed by atoms with Gasteiger partial charge in [0.05, 0.1) is 23.2 Å².